The molecule has 0 aliphatic rings. The normalized spacial score (nSPS) is 9.35. The van der Waals surface area contributed by atoms with Crippen LogP contribution in [0.3, 0.4) is 0 Å². The third kappa shape index (κ3) is 2.82. The monoisotopic (exact) mass is 226 g/mol. The van der Waals surface area contributed by atoms with E-state index in [9.17, 15) is 0 Å². The van der Waals surface area contributed by atoms with E-state index in [0.29, 0.717) is 5.56 Å². The van der Waals surface area contributed by atoms with Crippen molar-refractivity contribution in [2.75, 3.05) is 0 Å². The van der Waals surface area contributed by atoms with Crippen molar-refractivity contribution < 1.29 is 0 Å². The van der Waals surface area contributed by atoms with Gasteiger partial charge in [0.25, 0.3) is 0 Å². The van der Waals surface area contributed by atoms with Crippen LogP contribution >= 0.6 is 0 Å². The van der Waals surface area contributed by atoms with Gasteiger partial charge in [0.2, 0.25) is 0 Å². The van der Waals surface area contributed by atoms with Crippen molar-refractivity contribution in [3.63, 3.8) is 0 Å². The van der Waals surface area contributed by atoms with Crippen LogP contribution in [0.5, 0.6) is 0 Å². The molecule has 0 aliphatic carbocycles. The Labute approximate surface area is 103 Å². The molecule has 0 amide bonds. The van der Waals surface area contributed by atoms with E-state index in [4.69, 9.17) is 5.26 Å². The van der Waals surface area contributed by atoms with E-state index in [1.165, 1.54) is 5.56 Å². The minimum absolute atomic E-state index is 0.697. The number of hydrogen-bond acceptors (Lipinski definition) is 2. The highest BCUT2D eigenvalue weighted by Crippen LogP contribution is 2.20. The number of nitriles is 1. The molecule has 0 saturated heterocycles. The van der Waals surface area contributed by atoms with E-state index >= 15 is 0 Å². The first-order chi connectivity index (χ1) is 8.24. The van der Waals surface area contributed by atoms with E-state index in [1.807, 2.05) is 39.0 Å². The van der Waals surface area contributed by atoms with Crippen LogP contribution in [0.1, 0.15) is 37.6 Å². The van der Waals surface area contributed by atoms with Crippen LogP contribution in [0.4, 0.5) is 0 Å². The quantitative estimate of drug-likeness (QED) is 0.736. The van der Waals surface area contributed by atoms with Crippen LogP contribution in [-0.2, 0) is 6.42 Å². The minimum atomic E-state index is 0.697. The zero-order chi connectivity index (χ0) is 12.8. The molecule has 1 heterocycles. The van der Waals surface area contributed by atoms with Crippen molar-refractivity contribution in [2.45, 2.75) is 34.1 Å². The largest absolute Gasteiger partial charge is 0.253 e. The summed E-state index contributed by atoms with van der Waals surface area (Å²) in [5.41, 5.74) is 3.97. The second-order valence-electron chi connectivity index (χ2n) is 3.62. The topological polar surface area (TPSA) is 36.7 Å². The van der Waals surface area contributed by atoms with Gasteiger partial charge in [0, 0.05) is 11.1 Å². The summed E-state index contributed by atoms with van der Waals surface area (Å²) in [7, 11) is 0. The summed E-state index contributed by atoms with van der Waals surface area (Å²) in [4.78, 5) is 4.45. The number of pyridine rings is 1. The SMILES string of the molecule is CC.CCc1cc(C)nc2ccc(C#N)cc12. The lowest BCUT2D eigenvalue weighted by Crippen LogP contribution is -1.91. The molecule has 0 saturated carbocycles. The molecule has 0 radical (unpaired) electrons. The van der Waals surface area contributed by atoms with Crippen LogP contribution in [0.15, 0.2) is 24.3 Å². The predicted molar refractivity (Wildman–Crippen MR) is 71.9 cm³/mol. The van der Waals surface area contributed by atoms with Crippen molar-refractivity contribution in [2.24, 2.45) is 0 Å². The van der Waals surface area contributed by atoms with Crippen LogP contribution in [-0.4, -0.2) is 4.98 Å². The van der Waals surface area contributed by atoms with Gasteiger partial charge in [-0.15, -0.1) is 0 Å². The smallest absolute Gasteiger partial charge is 0.0991 e. The van der Waals surface area contributed by atoms with Crippen molar-refractivity contribution in [1.29, 1.82) is 5.26 Å². The molecular weight excluding hydrogens is 208 g/mol. The fraction of sp³-hybridized carbons (Fsp3) is 0.333. The molecule has 1 aromatic heterocycles. The maximum Gasteiger partial charge on any atom is 0.0991 e. The van der Waals surface area contributed by atoms with Crippen molar-refractivity contribution in [1.82, 2.24) is 4.98 Å². The summed E-state index contributed by atoms with van der Waals surface area (Å²) < 4.78 is 0. The van der Waals surface area contributed by atoms with Gasteiger partial charge < -0.3 is 0 Å². The van der Waals surface area contributed by atoms with Gasteiger partial charge in [-0.1, -0.05) is 20.8 Å². The molecular formula is C15H18N2. The fourth-order valence-electron chi connectivity index (χ4n) is 1.80. The predicted octanol–water partition coefficient (Wildman–Crippen LogP) is 4.00. The number of rotatable bonds is 1. The summed E-state index contributed by atoms with van der Waals surface area (Å²) in [6, 6.07) is 9.89. The molecule has 0 bridgehead atoms. The molecule has 0 fully saturated rings. The summed E-state index contributed by atoms with van der Waals surface area (Å²) in [6.07, 6.45) is 0.967. The molecule has 0 atom stereocenters. The summed E-state index contributed by atoms with van der Waals surface area (Å²) in [5, 5.41) is 9.94. The molecule has 2 aromatic rings. The number of aromatic nitrogens is 1. The molecule has 0 aliphatic heterocycles. The van der Waals surface area contributed by atoms with Gasteiger partial charge in [-0.2, -0.15) is 5.26 Å². The lowest BCUT2D eigenvalue weighted by molar-refractivity contribution is 1.12. The Balaban J connectivity index is 0.000000686. The molecule has 17 heavy (non-hydrogen) atoms. The lowest BCUT2D eigenvalue weighted by atomic mass is 10.0. The zero-order valence-corrected chi connectivity index (χ0v) is 10.9. The van der Waals surface area contributed by atoms with E-state index in [0.717, 1.165) is 23.0 Å². The Bertz CT molecular complexity index is 551. The molecule has 0 unspecified atom stereocenters. The molecule has 1 aromatic carbocycles. The first kappa shape index (κ1) is 13.2. The number of nitrogens with zero attached hydrogens (tertiary/aromatic N) is 2. The van der Waals surface area contributed by atoms with Crippen LogP contribution in [0.25, 0.3) is 10.9 Å². The van der Waals surface area contributed by atoms with Gasteiger partial charge >= 0.3 is 0 Å². The Morgan fingerprint density at radius 2 is 1.94 bits per heavy atom. The van der Waals surface area contributed by atoms with Crippen LogP contribution in [0.2, 0.25) is 0 Å². The average molecular weight is 226 g/mol. The van der Waals surface area contributed by atoms with Gasteiger partial charge in [-0.25, -0.2) is 0 Å². The third-order valence-electron chi connectivity index (χ3n) is 2.53. The third-order valence-corrected chi connectivity index (χ3v) is 2.53. The molecule has 2 rings (SSSR count). The molecule has 2 nitrogen and oxygen atoms in total. The van der Waals surface area contributed by atoms with E-state index in [1.54, 1.807) is 0 Å². The van der Waals surface area contributed by atoms with Crippen molar-refractivity contribution in [3.05, 3.63) is 41.1 Å². The van der Waals surface area contributed by atoms with Gasteiger partial charge in [-0.3, -0.25) is 4.98 Å². The van der Waals surface area contributed by atoms with Gasteiger partial charge in [0.15, 0.2) is 0 Å². The van der Waals surface area contributed by atoms with E-state index in [2.05, 4.69) is 24.0 Å². The number of fused-ring (bicyclic) bond motifs is 1. The zero-order valence-electron chi connectivity index (χ0n) is 10.9. The fourth-order valence-corrected chi connectivity index (χ4v) is 1.80. The highest BCUT2D eigenvalue weighted by atomic mass is 14.7. The Hall–Kier alpha value is -1.88. The van der Waals surface area contributed by atoms with E-state index < -0.39 is 0 Å². The maximum atomic E-state index is 8.84. The number of aryl methyl sites for hydroxylation is 2. The summed E-state index contributed by atoms with van der Waals surface area (Å²) in [6.45, 7) is 8.12. The van der Waals surface area contributed by atoms with E-state index in [-0.39, 0.29) is 0 Å². The maximum absolute atomic E-state index is 8.84. The molecule has 0 spiro atoms. The Morgan fingerprint density at radius 3 is 2.53 bits per heavy atom. The van der Waals surface area contributed by atoms with Gasteiger partial charge in [-0.05, 0) is 43.2 Å². The van der Waals surface area contributed by atoms with Crippen LogP contribution < -0.4 is 0 Å². The first-order valence-electron chi connectivity index (χ1n) is 6.05. The standard InChI is InChI=1S/C13H12N2.C2H6/c1-3-11-6-9(2)15-13-5-4-10(8-14)7-12(11)13;1-2/h4-7H,3H2,1-2H3;1-2H3. The van der Waals surface area contributed by atoms with Crippen molar-refractivity contribution in [3.8, 4) is 6.07 Å². The lowest BCUT2D eigenvalue weighted by Gasteiger charge is -2.05. The Kier molecular flexibility index (Phi) is 4.66. The second-order valence-corrected chi connectivity index (χ2v) is 3.62. The number of benzene rings is 1. The minimum Gasteiger partial charge on any atom is -0.253 e. The van der Waals surface area contributed by atoms with Gasteiger partial charge in [0.1, 0.15) is 0 Å². The summed E-state index contributed by atoms with van der Waals surface area (Å²) >= 11 is 0. The molecule has 88 valence electrons. The highest BCUT2D eigenvalue weighted by Gasteiger charge is 2.03. The average Bonchev–Trinajstić information content (AvgIpc) is 2.39. The molecule has 2 heteroatoms. The second kappa shape index (κ2) is 6.00. The van der Waals surface area contributed by atoms with Gasteiger partial charge in [0.05, 0.1) is 17.1 Å². The first-order valence-corrected chi connectivity index (χ1v) is 6.05. The summed E-state index contributed by atoms with van der Waals surface area (Å²) in [5.74, 6) is 0. The molecule has 0 N–H and O–H groups in total. The van der Waals surface area contributed by atoms with Crippen LogP contribution in [0, 0.1) is 18.3 Å². The number of hydrogen-bond donors (Lipinski definition) is 0. The Morgan fingerprint density at radius 1 is 1.24 bits per heavy atom. The van der Waals surface area contributed by atoms with Crippen molar-refractivity contribution >= 4 is 10.9 Å². The highest BCUT2D eigenvalue weighted by molar-refractivity contribution is 5.83.